The van der Waals surface area contributed by atoms with Crippen molar-refractivity contribution >= 4 is 11.8 Å². The molecule has 0 radical (unpaired) electrons. The van der Waals surface area contributed by atoms with E-state index in [1.54, 1.807) is 6.92 Å². The van der Waals surface area contributed by atoms with Crippen LogP contribution in [0.2, 0.25) is 0 Å². The van der Waals surface area contributed by atoms with Crippen molar-refractivity contribution in [3.63, 3.8) is 0 Å². The van der Waals surface area contributed by atoms with Crippen LogP contribution in [0.3, 0.4) is 0 Å². The van der Waals surface area contributed by atoms with Gasteiger partial charge in [0.05, 0.1) is 6.07 Å². The molecule has 1 saturated heterocycles. The average molecular weight is 248 g/mol. The summed E-state index contributed by atoms with van der Waals surface area (Å²) < 4.78 is 0. The summed E-state index contributed by atoms with van der Waals surface area (Å²) in [6, 6.07) is 2.29. The molecule has 0 aromatic rings. The molecule has 2 amide bonds. The van der Waals surface area contributed by atoms with Crippen molar-refractivity contribution in [2.45, 2.75) is 63.8 Å². The first-order chi connectivity index (χ1) is 8.60. The number of likely N-dealkylation sites (tertiary alicyclic amines) is 1. The molecule has 98 valence electrons. The van der Waals surface area contributed by atoms with Crippen LogP contribution in [-0.4, -0.2) is 22.3 Å². The first kappa shape index (κ1) is 13.1. The number of carbonyl (C=O) groups excluding carboxylic acids is 2. The summed E-state index contributed by atoms with van der Waals surface area (Å²) in [5.74, 6) is -0.565. The maximum atomic E-state index is 12.1. The number of hydrogen-bond acceptors (Lipinski definition) is 3. The average Bonchev–Trinajstić information content (AvgIpc) is 2.56. The molecular formula is C14H20N2O2. The second-order valence-electron chi connectivity index (χ2n) is 5.58. The largest absolute Gasteiger partial charge is 0.274 e. The molecule has 2 fully saturated rings. The van der Waals surface area contributed by atoms with E-state index in [1.807, 2.05) is 0 Å². The van der Waals surface area contributed by atoms with Crippen LogP contribution in [0.25, 0.3) is 0 Å². The van der Waals surface area contributed by atoms with Crippen molar-refractivity contribution in [2.75, 3.05) is 0 Å². The minimum absolute atomic E-state index is 0.151. The molecule has 0 spiro atoms. The third kappa shape index (κ3) is 2.14. The number of nitriles is 1. The van der Waals surface area contributed by atoms with E-state index in [0.29, 0.717) is 12.8 Å². The summed E-state index contributed by atoms with van der Waals surface area (Å²) in [5, 5.41) is 9.54. The maximum absolute atomic E-state index is 12.1. The maximum Gasteiger partial charge on any atom is 0.233 e. The minimum atomic E-state index is -0.862. The fourth-order valence-corrected chi connectivity index (χ4v) is 3.11. The molecule has 0 bridgehead atoms. The number of hydrogen-bond donors (Lipinski definition) is 0. The Bertz CT molecular complexity index is 389. The topological polar surface area (TPSA) is 61.2 Å². The number of nitrogens with zero attached hydrogens (tertiary/aromatic N) is 2. The number of rotatable bonds is 1. The van der Waals surface area contributed by atoms with Crippen LogP contribution in [0.5, 0.6) is 0 Å². The van der Waals surface area contributed by atoms with Crippen molar-refractivity contribution in [2.24, 2.45) is 5.92 Å². The van der Waals surface area contributed by atoms with Gasteiger partial charge in [0.2, 0.25) is 11.8 Å². The molecule has 0 aromatic carbocycles. The van der Waals surface area contributed by atoms with Crippen molar-refractivity contribution in [3.05, 3.63) is 0 Å². The Hall–Kier alpha value is -1.37. The zero-order chi connectivity index (χ0) is 13.2. The van der Waals surface area contributed by atoms with E-state index in [-0.39, 0.29) is 24.2 Å². The standard InChI is InChI=1S/C14H20N2O2/c1-11-9-12(17)16(13(11)18)14(10-15)7-5-3-2-4-6-8-14/h11H,2-9H2,1H3. The van der Waals surface area contributed by atoms with Gasteiger partial charge in [-0.3, -0.25) is 14.5 Å². The van der Waals surface area contributed by atoms with Gasteiger partial charge in [-0.1, -0.05) is 39.0 Å². The minimum Gasteiger partial charge on any atom is -0.274 e. The van der Waals surface area contributed by atoms with E-state index in [1.165, 1.54) is 11.3 Å². The second-order valence-corrected chi connectivity index (χ2v) is 5.58. The van der Waals surface area contributed by atoms with Crippen LogP contribution >= 0.6 is 0 Å². The highest BCUT2D eigenvalue weighted by atomic mass is 16.2. The lowest BCUT2D eigenvalue weighted by atomic mass is 9.83. The van der Waals surface area contributed by atoms with Gasteiger partial charge in [-0.15, -0.1) is 0 Å². The summed E-state index contributed by atoms with van der Waals surface area (Å²) >= 11 is 0. The van der Waals surface area contributed by atoms with Crippen LogP contribution in [0.15, 0.2) is 0 Å². The van der Waals surface area contributed by atoms with Crippen molar-refractivity contribution in [1.29, 1.82) is 5.26 Å². The molecule has 1 atom stereocenters. The Morgan fingerprint density at radius 3 is 2.17 bits per heavy atom. The molecule has 0 aromatic heterocycles. The van der Waals surface area contributed by atoms with Crippen LogP contribution in [0, 0.1) is 17.2 Å². The van der Waals surface area contributed by atoms with Gasteiger partial charge in [-0.2, -0.15) is 5.26 Å². The lowest BCUT2D eigenvalue weighted by molar-refractivity contribution is -0.145. The monoisotopic (exact) mass is 248 g/mol. The Morgan fingerprint density at radius 2 is 1.72 bits per heavy atom. The van der Waals surface area contributed by atoms with Crippen LogP contribution in [0.4, 0.5) is 0 Å². The van der Waals surface area contributed by atoms with E-state index >= 15 is 0 Å². The molecule has 1 aliphatic carbocycles. The number of carbonyl (C=O) groups is 2. The van der Waals surface area contributed by atoms with E-state index in [9.17, 15) is 14.9 Å². The van der Waals surface area contributed by atoms with Gasteiger partial charge in [-0.25, -0.2) is 0 Å². The SMILES string of the molecule is CC1CC(=O)N(C2(C#N)CCCCCCC2)C1=O. The molecule has 4 heteroatoms. The van der Waals surface area contributed by atoms with Crippen LogP contribution in [-0.2, 0) is 9.59 Å². The highest BCUT2D eigenvalue weighted by molar-refractivity contribution is 6.04. The predicted molar refractivity (Wildman–Crippen MR) is 66.3 cm³/mol. The van der Waals surface area contributed by atoms with Crippen molar-refractivity contribution < 1.29 is 9.59 Å². The molecule has 2 rings (SSSR count). The lowest BCUT2D eigenvalue weighted by Crippen LogP contribution is -2.51. The first-order valence-electron chi connectivity index (χ1n) is 6.89. The summed E-state index contributed by atoms with van der Waals surface area (Å²) in [5.41, 5.74) is -0.862. The first-order valence-corrected chi connectivity index (χ1v) is 6.89. The van der Waals surface area contributed by atoms with Gasteiger partial charge >= 0.3 is 0 Å². The summed E-state index contributed by atoms with van der Waals surface area (Å²) in [6.07, 6.45) is 6.80. The van der Waals surface area contributed by atoms with Gasteiger partial charge in [0.25, 0.3) is 0 Å². The molecule has 1 unspecified atom stereocenters. The third-order valence-electron chi connectivity index (χ3n) is 4.19. The number of amides is 2. The van der Waals surface area contributed by atoms with Gasteiger partial charge < -0.3 is 0 Å². The summed E-state index contributed by atoms with van der Waals surface area (Å²) in [7, 11) is 0. The fraction of sp³-hybridized carbons (Fsp3) is 0.786. The zero-order valence-corrected chi connectivity index (χ0v) is 10.9. The van der Waals surface area contributed by atoms with Crippen molar-refractivity contribution in [3.8, 4) is 6.07 Å². The van der Waals surface area contributed by atoms with Gasteiger partial charge in [-0.05, 0) is 12.8 Å². The third-order valence-corrected chi connectivity index (χ3v) is 4.19. The Kier molecular flexibility index (Phi) is 3.70. The van der Waals surface area contributed by atoms with E-state index in [4.69, 9.17) is 0 Å². The summed E-state index contributed by atoms with van der Waals surface area (Å²) in [6.45, 7) is 1.77. The highest BCUT2D eigenvalue weighted by Gasteiger charge is 2.48. The molecule has 1 aliphatic heterocycles. The Labute approximate surface area is 108 Å². The quantitative estimate of drug-likeness (QED) is 0.669. The van der Waals surface area contributed by atoms with Gasteiger partial charge in [0, 0.05) is 12.3 Å². The van der Waals surface area contributed by atoms with Crippen LogP contribution < -0.4 is 0 Å². The lowest BCUT2D eigenvalue weighted by Gasteiger charge is -2.36. The molecule has 0 N–H and O–H groups in total. The second kappa shape index (κ2) is 5.09. The smallest absolute Gasteiger partial charge is 0.233 e. The summed E-state index contributed by atoms with van der Waals surface area (Å²) in [4.78, 5) is 25.4. The zero-order valence-electron chi connectivity index (χ0n) is 10.9. The predicted octanol–water partition coefficient (Wildman–Crippen LogP) is 2.39. The number of imide groups is 1. The highest BCUT2D eigenvalue weighted by Crippen LogP contribution is 2.36. The van der Waals surface area contributed by atoms with E-state index < -0.39 is 5.54 Å². The van der Waals surface area contributed by atoms with E-state index in [0.717, 1.165) is 25.7 Å². The van der Waals surface area contributed by atoms with E-state index in [2.05, 4.69) is 6.07 Å². The normalized spacial score (nSPS) is 28.7. The van der Waals surface area contributed by atoms with Gasteiger partial charge in [0.1, 0.15) is 5.54 Å². The Morgan fingerprint density at radius 1 is 1.17 bits per heavy atom. The van der Waals surface area contributed by atoms with Crippen LogP contribution in [0.1, 0.15) is 58.3 Å². The Balaban J connectivity index is 2.28. The molecule has 4 nitrogen and oxygen atoms in total. The molecule has 2 aliphatic rings. The molecular weight excluding hydrogens is 228 g/mol. The molecule has 1 saturated carbocycles. The van der Waals surface area contributed by atoms with Crippen molar-refractivity contribution in [1.82, 2.24) is 4.90 Å². The van der Waals surface area contributed by atoms with Gasteiger partial charge in [0.15, 0.2) is 0 Å². The fourth-order valence-electron chi connectivity index (χ4n) is 3.11. The molecule has 1 heterocycles. The molecule has 18 heavy (non-hydrogen) atoms.